The van der Waals surface area contributed by atoms with Crippen molar-refractivity contribution in [2.24, 2.45) is 5.92 Å². The lowest BCUT2D eigenvalue weighted by atomic mass is 9.97. The minimum Gasteiger partial charge on any atom is -0.382 e. The highest BCUT2D eigenvalue weighted by atomic mass is 79.9. The van der Waals surface area contributed by atoms with E-state index in [0.29, 0.717) is 6.04 Å². The van der Waals surface area contributed by atoms with E-state index in [1.165, 1.54) is 12.8 Å². The van der Waals surface area contributed by atoms with Gasteiger partial charge in [-0.05, 0) is 52.9 Å². The first-order chi connectivity index (χ1) is 8.06. The van der Waals surface area contributed by atoms with Crippen molar-refractivity contribution in [2.45, 2.75) is 46.1 Å². The number of halogens is 2. The maximum atomic E-state index is 5.98. The van der Waals surface area contributed by atoms with Crippen LogP contribution in [0.5, 0.6) is 0 Å². The zero-order chi connectivity index (χ0) is 12.8. The van der Waals surface area contributed by atoms with Crippen molar-refractivity contribution >= 4 is 33.2 Å². The topological polar surface area (TPSA) is 12.0 Å². The number of hydrogen-bond acceptors (Lipinski definition) is 1. The lowest BCUT2D eigenvalue weighted by Gasteiger charge is -2.21. The first-order valence-electron chi connectivity index (χ1n) is 6.28. The third kappa shape index (κ3) is 4.89. The van der Waals surface area contributed by atoms with Gasteiger partial charge in [0.25, 0.3) is 0 Å². The van der Waals surface area contributed by atoms with Crippen LogP contribution in [0, 0.1) is 5.92 Å². The van der Waals surface area contributed by atoms with Gasteiger partial charge in [-0.3, -0.25) is 0 Å². The molecule has 2 atom stereocenters. The van der Waals surface area contributed by atoms with E-state index in [-0.39, 0.29) is 0 Å². The summed E-state index contributed by atoms with van der Waals surface area (Å²) in [6.07, 6.45) is 3.60. The van der Waals surface area contributed by atoms with Gasteiger partial charge < -0.3 is 5.32 Å². The molecule has 0 aliphatic heterocycles. The van der Waals surface area contributed by atoms with Gasteiger partial charge in [0, 0.05) is 16.2 Å². The summed E-state index contributed by atoms with van der Waals surface area (Å²) in [6.45, 7) is 6.78. The highest BCUT2D eigenvalue weighted by molar-refractivity contribution is 9.10. The zero-order valence-electron chi connectivity index (χ0n) is 10.8. The summed E-state index contributed by atoms with van der Waals surface area (Å²) in [5.41, 5.74) is 1.14. The van der Waals surface area contributed by atoms with Crippen molar-refractivity contribution in [1.82, 2.24) is 0 Å². The van der Waals surface area contributed by atoms with Crippen LogP contribution in [0.15, 0.2) is 22.7 Å². The van der Waals surface area contributed by atoms with Crippen molar-refractivity contribution in [3.8, 4) is 0 Å². The molecule has 1 aromatic rings. The summed E-state index contributed by atoms with van der Waals surface area (Å²) < 4.78 is 0.947. The minimum atomic E-state index is 0.540. The molecule has 0 saturated heterocycles. The van der Waals surface area contributed by atoms with Crippen LogP contribution in [-0.4, -0.2) is 6.04 Å². The Hall–Kier alpha value is -0.210. The summed E-state index contributed by atoms with van der Waals surface area (Å²) in [7, 11) is 0. The van der Waals surface area contributed by atoms with E-state index in [1.807, 2.05) is 18.2 Å². The molecule has 0 amide bonds. The van der Waals surface area contributed by atoms with Crippen LogP contribution in [0.3, 0.4) is 0 Å². The molecule has 0 radical (unpaired) electrons. The zero-order valence-corrected chi connectivity index (χ0v) is 13.1. The van der Waals surface area contributed by atoms with E-state index in [9.17, 15) is 0 Å². The Morgan fingerprint density at radius 3 is 2.53 bits per heavy atom. The molecule has 17 heavy (non-hydrogen) atoms. The van der Waals surface area contributed by atoms with Crippen molar-refractivity contribution in [1.29, 1.82) is 0 Å². The van der Waals surface area contributed by atoms with Crippen LogP contribution in [0.1, 0.15) is 40.0 Å². The summed E-state index contributed by atoms with van der Waals surface area (Å²) >= 11 is 9.43. The SMILES string of the molecule is CCC(C)CC(CC)Nc1ccc(Cl)c(Br)c1. The molecule has 0 aliphatic carbocycles. The molecular weight excluding hydrogens is 298 g/mol. The van der Waals surface area contributed by atoms with E-state index >= 15 is 0 Å². The van der Waals surface area contributed by atoms with Crippen molar-refractivity contribution in [3.63, 3.8) is 0 Å². The van der Waals surface area contributed by atoms with Crippen LogP contribution in [0.25, 0.3) is 0 Å². The fourth-order valence-corrected chi connectivity index (χ4v) is 2.30. The third-order valence-corrected chi connectivity index (χ3v) is 4.38. The summed E-state index contributed by atoms with van der Waals surface area (Å²) in [6, 6.07) is 6.54. The van der Waals surface area contributed by atoms with Gasteiger partial charge in [-0.1, -0.05) is 38.8 Å². The first-order valence-corrected chi connectivity index (χ1v) is 7.45. The lowest BCUT2D eigenvalue weighted by molar-refractivity contribution is 0.462. The van der Waals surface area contributed by atoms with Gasteiger partial charge in [0.05, 0.1) is 5.02 Å². The molecule has 0 bridgehead atoms. The molecule has 3 heteroatoms. The van der Waals surface area contributed by atoms with E-state index in [4.69, 9.17) is 11.6 Å². The van der Waals surface area contributed by atoms with Gasteiger partial charge in [0.2, 0.25) is 0 Å². The van der Waals surface area contributed by atoms with Crippen molar-refractivity contribution in [2.75, 3.05) is 5.32 Å². The second-order valence-corrected chi connectivity index (χ2v) is 5.89. The Labute approximate surface area is 118 Å². The summed E-state index contributed by atoms with van der Waals surface area (Å²) in [5, 5.41) is 4.33. The lowest BCUT2D eigenvalue weighted by Crippen LogP contribution is -2.21. The number of anilines is 1. The number of hydrogen-bond donors (Lipinski definition) is 1. The molecule has 1 rings (SSSR count). The van der Waals surface area contributed by atoms with Crippen LogP contribution < -0.4 is 5.32 Å². The molecule has 1 aromatic carbocycles. The average Bonchev–Trinajstić information content (AvgIpc) is 2.32. The molecule has 1 N–H and O–H groups in total. The first kappa shape index (κ1) is 14.8. The fourth-order valence-electron chi connectivity index (χ4n) is 1.80. The molecule has 0 aliphatic rings. The van der Waals surface area contributed by atoms with Crippen LogP contribution in [-0.2, 0) is 0 Å². The number of benzene rings is 1. The predicted molar refractivity (Wildman–Crippen MR) is 80.9 cm³/mol. The second-order valence-electron chi connectivity index (χ2n) is 4.63. The van der Waals surface area contributed by atoms with E-state index in [1.54, 1.807) is 0 Å². The molecule has 0 fully saturated rings. The largest absolute Gasteiger partial charge is 0.382 e. The van der Waals surface area contributed by atoms with Gasteiger partial charge in [-0.25, -0.2) is 0 Å². The standard InChI is InChI=1S/C14H21BrClN/c1-4-10(3)8-11(5-2)17-12-6-7-14(16)13(15)9-12/h6-7,9-11,17H,4-5,8H2,1-3H3. The van der Waals surface area contributed by atoms with Gasteiger partial charge >= 0.3 is 0 Å². The molecule has 0 aromatic heterocycles. The monoisotopic (exact) mass is 317 g/mol. The average molecular weight is 319 g/mol. The Balaban J connectivity index is 2.63. The van der Waals surface area contributed by atoms with E-state index < -0.39 is 0 Å². The molecular formula is C14H21BrClN. The number of nitrogens with one attached hydrogen (secondary N) is 1. The maximum absolute atomic E-state index is 5.98. The van der Waals surface area contributed by atoms with Crippen LogP contribution in [0.4, 0.5) is 5.69 Å². The molecule has 0 spiro atoms. The molecule has 1 nitrogen and oxygen atoms in total. The Kier molecular flexibility index (Phi) is 6.35. The maximum Gasteiger partial charge on any atom is 0.0549 e. The van der Waals surface area contributed by atoms with Crippen LogP contribution >= 0.6 is 27.5 Å². The summed E-state index contributed by atoms with van der Waals surface area (Å²) in [5.74, 6) is 0.767. The van der Waals surface area contributed by atoms with E-state index in [0.717, 1.165) is 27.5 Å². The van der Waals surface area contributed by atoms with Crippen molar-refractivity contribution < 1.29 is 0 Å². The predicted octanol–water partition coefficient (Wildman–Crippen LogP) is 5.73. The highest BCUT2D eigenvalue weighted by Gasteiger charge is 2.10. The van der Waals surface area contributed by atoms with Crippen LogP contribution in [0.2, 0.25) is 5.02 Å². The fraction of sp³-hybridized carbons (Fsp3) is 0.571. The molecule has 0 saturated carbocycles. The highest BCUT2D eigenvalue weighted by Crippen LogP contribution is 2.26. The number of rotatable bonds is 6. The summed E-state index contributed by atoms with van der Waals surface area (Å²) in [4.78, 5) is 0. The van der Waals surface area contributed by atoms with E-state index in [2.05, 4.69) is 42.0 Å². The second kappa shape index (κ2) is 7.27. The Bertz CT molecular complexity index is 354. The van der Waals surface area contributed by atoms with Gasteiger partial charge in [0.1, 0.15) is 0 Å². The molecule has 0 heterocycles. The quantitative estimate of drug-likeness (QED) is 0.706. The van der Waals surface area contributed by atoms with Gasteiger partial charge in [-0.2, -0.15) is 0 Å². The smallest absolute Gasteiger partial charge is 0.0549 e. The Morgan fingerprint density at radius 2 is 2.00 bits per heavy atom. The van der Waals surface area contributed by atoms with Gasteiger partial charge in [-0.15, -0.1) is 0 Å². The molecule has 2 unspecified atom stereocenters. The normalized spacial score (nSPS) is 14.4. The van der Waals surface area contributed by atoms with Crippen molar-refractivity contribution in [3.05, 3.63) is 27.7 Å². The van der Waals surface area contributed by atoms with Gasteiger partial charge in [0.15, 0.2) is 0 Å². The molecule has 96 valence electrons. The third-order valence-electron chi connectivity index (χ3n) is 3.17. The minimum absolute atomic E-state index is 0.540. The Morgan fingerprint density at radius 1 is 1.29 bits per heavy atom.